The van der Waals surface area contributed by atoms with E-state index >= 15 is 0 Å². The normalized spacial score (nSPS) is 17.9. The number of carbonyl (C=O) groups excluding carboxylic acids is 2. The third-order valence-electron chi connectivity index (χ3n) is 4.99. The van der Waals surface area contributed by atoms with Gasteiger partial charge < -0.3 is 19.7 Å². The van der Waals surface area contributed by atoms with E-state index in [0.717, 1.165) is 18.4 Å². The number of nitrogens with zero attached hydrogens (tertiary/aromatic N) is 1. The number of benzene rings is 2. The van der Waals surface area contributed by atoms with E-state index in [9.17, 15) is 14.0 Å². The molecule has 0 aromatic heterocycles. The number of ether oxygens (including phenoxy) is 2. The van der Waals surface area contributed by atoms with Crippen LogP contribution in [0.4, 0.5) is 15.8 Å². The van der Waals surface area contributed by atoms with E-state index in [2.05, 4.69) is 12.2 Å². The first-order valence-electron chi connectivity index (χ1n) is 9.34. The lowest BCUT2D eigenvalue weighted by Crippen LogP contribution is -2.28. The van der Waals surface area contributed by atoms with Gasteiger partial charge in [-0.25, -0.2) is 4.39 Å². The first-order valence-corrected chi connectivity index (χ1v) is 9.34. The van der Waals surface area contributed by atoms with Crippen molar-refractivity contribution in [1.82, 2.24) is 0 Å². The van der Waals surface area contributed by atoms with E-state index in [1.54, 1.807) is 18.2 Å². The zero-order chi connectivity index (χ0) is 19.7. The summed E-state index contributed by atoms with van der Waals surface area (Å²) < 4.78 is 24.3. The Bertz CT molecular complexity index is 931. The molecule has 1 atom stereocenters. The lowest BCUT2D eigenvalue weighted by molar-refractivity contribution is -0.122. The molecule has 1 fully saturated rings. The van der Waals surface area contributed by atoms with E-state index in [4.69, 9.17) is 9.47 Å². The van der Waals surface area contributed by atoms with Crippen LogP contribution in [0, 0.1) is 11.7 Å². The Morgan fingerprint density at radius 1 is 1.25 bits per heavy atom. The Balaban J connectivity index is 1.51. The molecular formula is C21H21FN2O4. The summed E-state index contributed by atoms with van der Waals surface area (Å²) in [6.07, 6.45) is 1.79. The standard InChI is InChI=1S/C21H21FN2O4/c1-2-4-13-7-18-19(28-12-27-18)10-17(13)23-21(26)14-8-20(25)24(11-14)16-6-3-5-15(22)9-16/h3,5-7,9-10,14H,2,4,8,11-12H2,1H3,(H,23,26)/t14-/m0/s1. The van der Waals surface area contributed by atoms with Gasteiger partial charge in [-0.1, -0.05) is 19.4 Å². The maximum atomic E-state index is 13.5. The zero-order valence-electron chi connectivity index (χ0n) is 15.5. The van der Waals surface area contributed by atoms with Crippen molar-refractivity contribution in [3.8, 4) is 11.5 Å². The van der Waals surface area contributed by atoms with Gasteiger partial charge in [-0.05, 0) is 36.2 Å². The fourth-order valence-corrected chi connectivity index (χ4v) is 3.59. The Hall–Kier alpha value is -3.09. The molecule has 6 nitrogen and oxygen atoms in total. The minimum atomic E-state index is -0.504. The molecule has 0 radical (unpaired) electrons. The van der Waals surface area contributed by atoms with E-state index in [1.165, 1.54) is 17.0 Å². The van der Waals surface area contributed by atoms with Crippen LogP contribution in [0.15, 0.2) is 36.4 Å². The number of amides is 2. The third-order valence-corrected chi connectivity index (χ3v) is 4.99. The monoisotopic (exact) mass is 384 g/mol. The van der Waals surface area contributed by atoms with Gasteiger partial charge in [-0.3, -0.25) is 9.59 Å². The number of hydrogen-bond donors (Lipinski definition) is 1. The molecule has 7 heteroatoms. The maximum Gasteiger partial charge on any atom is 0.231 e. The van der Waals surface area contributed by atoms with E-state index in [-0.39, 0.29) is 31.6 Å². The Labute approximate surface area is 162 Å². The summed E-state index contributed by atoms with van der Waals surface area (Å²) in [5.41, 5.74) is 2.11. The highest BCUT2D eigenvalue weighted by molar-refractivity contribution is 6.03. The summed E-state index contributed by atoms with van der Waals surface area (Å²) in [7, 11) is 0. The number of halogens is 1. The average molecular weight is 384 g/mol. The van der Waals surface area contributed by atoms with Crippen LogP contribution in [0.2, 0.25) is 0 Å². The molecular weight excluding hydrogens is 363 g/mol. The number of rotatable bonds is 5. The van der Waals surface area contributed by atoms with Gasteiger partial charge in [0.2, 0.25) is 18.6 Å². The van der Waals surface area contributed by atoms with Crippen LogP contribution in [0.3, 0.4) is 0 Å². The first-order chi connectivity index (χ1) is 13.5. The van der Waals surface area contributed by atoms with Crippen LogP contribution >= 0.6 is 0 Å². The smallest absolute Gasteiger partial charge is 0.231 e. The Kier molecular flexibility index (Phi) is 4.90. The van der Waals surface area contributed by atoms with E-state index < -0.39 is 11.7 Å². The minimum absolute atomic E-state index is 0.0933. The Morgan fingerprint density at radius 2 is 2.04 bits per heavy atom. The van der Waals surface area contributed by atoms with E-state index in [1.807, 2.05) is 6.07 Å². The molecule has 0 saturated carbocycles. The summed E-state index contributed by atoms with van der Waals surface area (Å²) in [6, 6.07) is 9.50. The maximum absolute atomic E-state index is 13.5. The first kappa shape index (κ1) is 18.3. The van der Waals surface area contributed by atoms with Crippen LogP contribution in [-0.4, -0.2) is 25.2 Å². The molecule has 2 aromatic carbocycles. The van der Waals surface area contributed by atoms with Gasteiger partial charge in [0.15, 0.2) is 11.5 Å². The molecule has 28 heavy (non-hydrogen) atoms. The summed E-state index contributed by atoms with van der Waals surface area (Å²) in [5.74, 6) is -0.0686. The lowest BCUT2D eigenvalue weighted by Gasteiger charge is -2.17. The highest BCUT2D eigenvalue weighted by Gasteiger charge is 2.35. The summed E-state index contributed by atoms with van der Waals surface area (Å²) in [4.78, 5) is 26.6. The van der Waals surface area contributed by atoms with Crippen molar-refractivity contribution in [1.29, 1.82) is 0 Å². The number of carbonyl (C=O) groups is 2. The number of nitrogens with one attached hydrogen (secondary N) is 1. The zero-order valence-corrected chi connectivity index (χ0v) is 15.5. The number of aryl methyl sites for hydroxylation is 1. The molecule has 1 N–H and O–H groups in total. The van der Waals surface area contributed by atoms with Crippen LogP contribution in [0.1, 0.15) is 25.3 Å². The molecule has 146 valence electrons. The molecule has 2 amide bonds. The molecule has 2 aromatic rings. The van der Waals surface area contributed by atoms with Gasteiger partial charge in [0.1, 0.15) is 5.82 Å². The van der Waals surface area contributed by atoms with Crippen LogP contribution in [0.5, 0.6) is 11.5 Å². The van der Waals surface area contributed by atoms with Crippen molar-refractivity contribution in [3.63, 3.8) is 0 Å². The van der Waals surface area contributed by atoms with Gasteiger partial charge in [-0.15, -0.1) is 0 Å². The van der Waals surface area contributed by atoms with Gasteiger partial charge >= 0.3 is 0 Å². The summed E-state index contributed by atoms with van der Waals surface area (Å²) >= 11 is 0. The fourth-order valence-electron chi connectivity index (χ4n) is 3.59. The molecule has 2 aliphatic rings. The predicted octanol–water partition coefficient (Wildman–Crippen LogP) is 3.50. The second-order valence-corrected chi connectivity index (χ2v) is 6.99. The fraction of sp³-hybridized carbons (Fsp3) is 0.333. The van der Waals surface area contributed by atoms with Crippen molar-refractivity contribution >= 4 is 23.2 Å². The minimum Gasteiger partial charge on any atom is -0.454 e. The van der Waals surface area contributed by atoms with Gasteiger partial charge in [0.25, 0.3) is 0 Å². The molecule has 1 saturated heterocycles. The number of hydrogen-bond acceptors (Lipinski definition) is 4. The van der Waals surface area contributed by atoms with Crippen LogP contribution in [-0.2, 0) is 16.0 Å². The highest BCUT2D eigenvalue weighted by Crippen LogP contribution is 2.38. The molecule has 2 aliphatic heterocycles. The second-order valence-electron chi connectivity index (χ2n) is 6.99. The van der Waals surface area contributed by atoms with Crippen molar-refractivity contribution in [2.45, 2.75) is 26.2 Å². The second kappa shape index (κ2) is 7.50. The lowest BCUT2D eigenvalue weighted by atomic mass is 10.0. The van der Waals surface area contributed by atoms with Gasteiger partial charge in [-0.2, -0.15) is 0 Å². The molecule has 0 aliphatic carbocycles. The van der Waals surface area contributed by atoms with Crippen molar-refractivity contribution < 1.29 is 23.5 Å². The van der Waals surface area contributed by atoms with Crippen molar-refractivity contribution in [2.24, 2.45) is 5.92 Å². The van der Waals surface area contributed by atoms with Gasteiger partial charge in [0, 0.05) is 30.4 Å². The van der Waals surface area contributed by atoms with Crippen molar-refractivity contribution in [3.05, 3.63) is 47.8 Å². The van der Waals surface area contributed by atoms with E-state index in [0.29, 0.717) is 22.9 Å². The molecule has 0 unspecified atom stereocenters. The SMILES string of the molecule is CCCc1cc2c(cc1NC(=O)[C@H]1CC(=O)N(c3cccc(F)c3)C1)OCO2. The van der Waals surface area contributed by atoms with Crippen LogP contribution in [0.25, 0.3) is 0 Å². The Morgan fingerprint density at radius 3 is 2.79 bits per heavy atom. The summed E-state index contributed by atoms with van der Waals surface area (Å²) in [6.45, 7) is 2.45. The highest BCUT2D eigenvalue weighted by atomic mass is 19.1. The molecule has 0 bridgehead atoms. The average Bonchev–Trinajstić information content (AvgIpc) is 3.28. The van der Waals surface area contributed by atoms with Gasteiger partial charge in [0.05, 0.1) is 5.92 Å². The third kappa shape index (κ3) is 3.52. The number of anilines is 2. The topological polar surface area (TPSA) is 67.9 Å². The molecule has 0 spiro atoms. The molecule has 2 heterocycles. The van der Waals surface area contributed by atoms with Crippen molar-refractivity contribution in [2.75, 3.05) is 23.6 Å². The quantitative estimate of drug-likeness (QED) is 0.857. The summed E-state index contributed by atoms with van der Waals surface area (Å²) in [5, 5.41) is 2.94. The molecule has 4 rings (SSSR count). The number of fused-ring (bicyclic) bond motifs is 1. The predicted molar refractivity (Wildman–Crippen MR) is 102 cm³/mol. The van der Waals surface area contributed by atoms with Crippen LogP contribution < -0.4 is 19.7 Å². The largest absolute Gasteiger partial charge is 0.454 e.